The standard InChI is InChI=1S/C11H15ClN2O2/c1-2-8(7-15)13-11(16)14-10-6-4-3-5-9(10)12/h3-6,8,15H,2,7H2,1H3,(H2,13,14,16). The van der Waals surface area contributed by atoms with Gasteiger partial charge in [0, 0.05) is 0 Å². The molecule has 0 bridgehead atoms. The third-order valence-corrected chi connectivity index (χ3v) is 2.50. The lowest BCUT2D eigenvalue weighted by atomic mass is 10.2. The van der Waals surface area contributed by atoms with Gasteiger partial charge in [0.2, 0.25) is 0 Å². The monoisotopic (exact) mass is 242 g/mol. The predicted molar refractivity (Wildman–Crippen MR) is 64.8 cm³/mol. The normalized spacial score (nSPS) is 11.9. The topological polar surface area (TPSA) is 61.4 Å². The lowest BCUT2D eigenvalue weighted by Gasteiger charge is -2.15. The van der Waals surface area contributed by atoms with Gasteiger partial charge < -0.3 is 15.7 Å². The fraction of sp³-hybridized carbons (Fsp3) is 0.364. The number of halogens is 1. The van der Waals surface area contributed by atoms with Crippen molar-refractivity contribution >= 4 is 23.3 Å². The van der Waals surface area contributed by atoms with Gasteiger partial charge in [-0.05, 0) is 18.6 Å². The molecule has 3 N–H and O–H groups in total. The number of hydrogen-bond donors (Lipinski definition) is 3. The van der Waals surface area contributed by atoms with Gasteiger partial charge in [-0.2, -0.15) is 0 Å². The summed E-state index contributed by atoms with van der Waals surface area (Å²) in [4.78, 5) is 11.5. The first kappa shape index (κ1) is 12.8. The maximum Gasteiger partial charge on any atom is 0.319 e. The van der Waals surface area contributed by atoms with Crippen LogP contribution in [-0.2, 0) is 0 Å². The Hall–Kier alpha value is -1.26. The van der Waals surface area contributed by atoms with Crippen molar-refractivity contribution in [3.8, 4) is 0 Å². The van der Waals surface area contributed by atoms with Crippen LogP contribution >= 0.6 is 11.6 Å². The number of anilines is 1. The van der Waals surface area contributed by atoms with Gasteiger partial charge in [0.1, 0.15) is 0 Å². The van der Waals surface area contributed by atoms with Crippen molar-refractivity contribution in [1.82, 2.24) is 5.32 Å². The number of carbonyl (C=O) groups is 1. The van der Waals surface area contributed by atoms with E-state index in [1.165, 1.54) is 0 Å². The predicted octanol–water partition coefficient (Wildman–Crippen LogP) is 2.23. The van der Waals surface area contributed by atoms with Crippen LogP contribution in [0.5, 0.6) is 0 Å². The molecule has 0 aliphatic rings. The minimum Gasteiger partial charge on any atom is -0.394 e. The van der Waals surface area contributed by atoms with Gasteiger partial charge in [-0.25, -0.2) is 4.79 Å². The molecule has 2 amide bonds. The average molecular weight is 243 g/mol. The summed E-state index contributed by atoms with van der Waals surface area (Å²) in [5.41, 5.74) is 0.550. The zero-order chi connectivity index (χ0) is 12.0. The molecule has 0 radical (unpaired) electrons. The molecule has 0 heterocycles. The second-order valence-corrected chi connectivity index (χ2v) is 3.77. The summed E-state index contributed by atoms with van der Waals surface area (Å²) < 4.78 is 0. The SMILES string of the molecule is CCC(CO)NC(=O)Nc1ccccc1Cl. The summed E-state index contributed by atoms with van der Waals surface area (Å²) in [7, 11) is 0. The van der Waals surface area contributed by atoms with Crippen molar-refractivity contribution in [1.29, 1.82) is 0 Å². The van der Waals surface area contributed by atoms with Crippen LogP contribution in [0.2, 0.25) is 5.02 Å². The molecular formula is C11H15ClN2O2. The van der Waals surface area contributed by atoms with Gasteiger partial charge in [0.05, 0.1) is 23.4 Å². The largest absolute Gasteiger partial charge is 0.394 e. The molecule has 0 aliphatic heterocycles. The van der Waals surface area contributed by atoms with E-state index in [-0.39, 0.29) is 18.7 Å². The number of amides is 2. The maximum absolute atomic E-state index is 11.5. The highest BCUT2D eigenvalue weighted by molar-refractivity contribution is 6.33. The molecule has 0 fully saturated rings. The van der Waals surface area contributed by atoms with E-state index < -0.39 is 0 Å². The molecule has 0 aromatic heterocycles. The Morgan fingerprint density at radius 1 is 1.50 bits per heavy atom. The van der Waals surface area contributed by atoms with Gasteiger partial charge in [0.25, 0.3) is 0 Å². The Labute approximate surface area is 99.6 Å². The summed E-state index contributed by atoms with van der Waals surface area (Å²) in [6.45, 7) is 1.81. The molecule has 5 heteroatoms. The summed E-state index contributed by atoms with van der Waals surface area (Å²) in [5.74, 6) is 0. The van der Waals surface area contributed by atoms with Crippen molar-refractivity contribution in [3.63, 3.8) is 0 Å². The highest BCUT2D eigenvalue weighted by Crippen LogP contribution is 2.20. The van der Waals surface area contributed by atoms with E-state index in [2.05, 4.69) is 10.6 Å². The number of urea groups is 1. The Morgan fingerprint density at radius 3 is 2.75 bits per heavy atom. The Bertz CT molecular complexity index is 354. The number of aliphatic hydroxyl groups excluding tert-OH is 1. The molecule has 1 aromatic carbocycles. The first-order valence-corrected chi connectivity index (χ1v) is 5.48. The Morgan fingerprint density at radius 2 is 2.19 bits per heavy atom. The van der Waals surface area contributed by atoms with E-state index in [4.69, 9.17) is 16.7 Å². The fourth-order valence-corrected chi connectivity index (χ4v) is 1.37. The van der Waals surface area contributed by atoms with Crippen LogP contribution in [0, 0.1) is 0 Å². The molecule has 1 unspecified atom stereocenters. The lowest BCUT2D eigenvalue weighted by molar-refractivity contribution is 0.222. The third kappa shape index (κ3) is 3.72. The number of carbonyl (C=O) groups excluding carboxylic acids is 1. The van der Waals surface area contributed by atoms with Gasteiger partial charge in [-0.3, -0.25) is 0 Å². The summed E-state index contributed by atoms with van der Waals surface area (Å²) >= 11 is 5.88. The second kappa shape index (κ2) is 6.35. The van der Waals surface area contributed by atoms with Crippen molar-refractivity contribution in [2.75, 3.05) is 11.9 Å². The van der Waals surface area contributed by atoms with Gasteiger partial charge >= 0.3 is 6.03 Å². The van der Waals surface area contributed by atoms with Crippen molar-refractivity contribution in [2.45, 2.75) is 19.4 Å². The van der Waals surface area contributed by atoms with Crippen molar-refractivity contribution < 1.29 is 9.90 Å². The van der Waals surface area contributed by atoms with E-state index in [1.54, 1.807) is 24.3 Å². The first-order chi connectivity index (χ1) is 7.67. The molecule has 1 aromatic rings. The smallest absolute Gasteiger partial charge is 0.319 e. The van der Waals surface area contributed by atoms with Crippen LogP contribution in [0.4, 0.5) is 10.5 Å². The van der Waals surface area contributed by atoms with E-state index >= 15 is 0 Å². The van der Waals surface area contributed by atoms with Gasteiger partial charge in [-0.1, -0.05) is 30.7 Å². The number of rotatable bonds is 4. The summed E-state index contributed by atoms with van der Waals surface area (Å²) in [6.07, 6.45) is 0.673. The lowest BCUT2D eigenvalue weighted by Crippen LogP contribution is -2.39. The first-order valence-electron chi connectivity index (χ1n) is 5.10. The minimum atomic E-state index is -0.367. The van der Waals surface area contributed by atoms with Crippen LogP contribution < -0.4 is 10.6 Å². The molecule has 0 saturated carbocycles. The molecule has 16 heavy (non-hydrogen) atoms. The number of para-hydroxylation sites is 1. The van der Waals surface area contributed by atoms with E-state index in [0.29, 0.717) is 17.1 Å². The molecule has 88 valence electrons. The Balaban J connectivity index is 2.55. The second-order valence-electron chi connectivity index (χ2n) is 3.37. The number of nitrogens with one attached hydrogen (secondary N) is 2. The molecule has 1 rings (SSSR count). The highest BCUT2D eigenvalue weighted by atomic mass is 35.5. The average Bonchev–Trinajstić information content (AvgIpc) is 2.29. The number of hydrogen-bond acceptors (Lipinski definition) is 2. The zero-order valence-corrected chi connectivity index (χ0v) is 9.79. The molecule has 1 atom stereocenters. The van der Waals surface area contributed by atoms with Crippen molar-refractivity contribution in [3.05, 3.63) is 29.3 Å². The van der Waals surface area contributed by atoms with Gasteiger partial charge in [0.15, 0.2) is 0 Å². The number of benzene rings is 1. The van der Waals surface area contributed by atoms with Gasteiger partial charge in [-0.15, -0.1) is 0 Å². The summed E-state index contributed by atoms with van der Waals surface area (Å²) in [5, 5.41) is 14.7. The van der Waals surface area contributed by atoms with Crippen LogP contribution in [0.15, 0.2) is 24.3 Å². The molecule has 4 nitrogen and oxygen atoms in total. The molecule has 0 saturated heterocycles. The number of aliphatic hydroxyl groups is 1. The van der Waals surface area contributed by atoms with Crippen LogP contribution in [0.3, 0.4) is 0 Å². The zero-order valence-electron chi connectivity index (χ0n) is 9.03. The van der Waals surface area contributed by atoms with Crippen molar-refractivity contribution in [2.24, 2.45) is 0 Å². The summed E-state index contributed by atoms with van der Waals surface area (Å²) in [6, 6.07) is 6.37. The Kier molecular flexibility index (Phi) is 5.08. The van der Waals surface area contributed by atoms with E-state index in [0.717, 1.165) is 0 Å². The van der Waals surface area contributed by atoms with Crippen LogP contribution in [-0.4, -0.2) is 23.8 Å². The highest BCUT2D eigenvalue weighted by Gasteiger charge is 2.09. The van der Waals surface area contributed by atoms with Crippen LogP contribution in [0.1, 0.15) is 13.3 Å². The molecule has 0 spiro atoms. The quantitative estimate of drug-likeness (QED) is 0.758. The fourth-order valence-electron chi connectivity index (χ4n) is 1.18. The minimum absolute atomic E-state index is 0.0769. The molecular weight excluding hydrogens is 228 g/mol. The van der Waals surface area contributed by atoms with Crippen LogP contribution in [0.25, 0.3) is 0 Å². The molecule has 0 aliphatic carbocycles. The van der Waals surface area contributed by atoms with E-state index in [9.17, 15) is 4.79 Å². The third-order valence-electron chi connectivity index (χ3n) is 2.17. The maximum atomic E-state index is 11.5. The van der Waals surface area contributed by atoms with E-state index in [1.807, 2.05) is 6.92 Å².